The quantitative estimate of drug-likeness (QED) is 0.737. The second-order valence-electron chi connectivity index (χ2n) is 3.64. The van der Waals surface area contributed by atoms with Gasteiger partial charge < -0.3 is 9.52 Å². The summed E-state index contributed by atoms with van der Waals surface area (Å²) in [6.45, 7) is 0. The summed E-state index contributed by atoms with van der Waals surface area (Å²) in [6, 6.07) is 8.44. The second-order valence-corrected chi connectivity index (χ2v) is 3.64. The average molecular weight is 241 g/mol. The van der Waals surface area contributed by atoms with Crippen LogP contribution in [0.15, 0.2) is 41.1 Å². The third-order valence-electron chi connectivity index (χ3n) is 2.51. The van der Waals surface area contributed by atoms with Crippen molar-refractivity contribution in [3.8, 4) is 11.3 Å². The van der Waals surface area contributed by atoms with Gasteiger partial charge in [-0.2, -0.15) is 0 Å². The number of fused-ring (bicyclic) bond motifs is 1. The zero-order valence-electron chi connectivity index (χ0n) is 9.07. The van der Waals surface area contributed by atoms with Crippen molar-refractivity contribution in [2.24, 2.45) is 0 Å². The van der Waals surface area contributed by atoms with Gasteiger partial charge in [-0.05, 0) is 24.3 Å². The smallest absolute Gasteiger partial charge is 0.356 e. The first-order valence-electron chi connectivity index (χ1n) is 5.15. The molecule has 6 heteroatoms. The molecule has 0 unspecified atom stereocenters. The Morgan fingerprint density at radius 3 is 2.78 bits per heavy atom. The number of aromatic carboxylic acids is 1. The van der Waals surface area contributed by atoms with Gasteiger partial charge in [-0.25, -0.2) is 9.78 Å². The number of carboxylic acid groups (broad SMARTS) is 1. The monoisotopic (exact) mass is 241 g/mol. The summed E-state index contributed by atoms with van der Waals surface area (Å²) >= 11 is 0. The molecular weight excluding hydrogens is 234 g/mol. The maximum atomic E-state index is 10.7. The molecule has 0 spiro atoms. The lowest BCUT2D eigenvalue weighted by atomic mass is 10.1. The highest BCUT2D eigenvalue weighted by atomic mass is 16.4. The Balaban J connectivity index is 2.05. The summed E-state index contributed by atoms with van der Waals surface area (Å²) in [6.07, 6.45) is 1.37. The van der Waals surface area contributed by atoms with Crippen LogP contribution in [0.3, 0.4) is 0 Å². The fraction of sp³-hybridized carbons (Fsp3) is 0. The average Bonchev–Trinajstić information content (AvgIpc) is 2.86. The van der Waals surface area contributed by atoms with Crippen LogP contribution in [0.2, 0.25) is 0 Å². The van der Waals surface area contributed by atoms with E-state index >= 15 is 0 Å². The lowest BCUT2D eigenvalue weighted by Gasteiger charge is -1.99. The summed E-state index contributed by atoms with van der Waals surface area (Å²) < 4.78 is 5.19. The highest BCUT2D eigenvalue weighted by Gasteiger charge is 2.07. The summed E-state index contributed by atoms with van der Waals surface area (Å²) in [5.41, 5.74) is 2.70. The first-order chi connectivity index (χ1) is 8.74. The molecule has 1 aromatic carbocycles. The first-order valence-corrected chi connectivity index (χ1v) is 5.15. The Morgan fingerprint density at radius 2 is 2.06 bits per heavy atom. The maximum Gasteiger partial charge on any atom is 0.356 e. The van der Waals surface area contributed by atoms with Crippen molar-refractivity contribution in [1.82, 2.24) is 15.2 Å². The number of hydrogen-bond acceptors (Lipinski definition) is 5. The maximum absolute atomic E-state index is 10.7. The van der Waals surface area contributed by atoms with Crippen molar-refractivity contribution in [2.45, 2.75) is 0 Å². The van der Waals surface area contributed by atoms with Gasteiger partial charge in [-0.15, -0.1) is 10.2 Å². The fourth-order valence-corrected chi connectivity index (χ4v) is 1.61. The number of carbonyl (C=O) groups is 1. The van der Waals surface area contributed by atoms with Crippen LogP contribution in [0.1, 0.15) is 10.5 Å². The van der Waals surface area contributed by atoms with Crippen LogP contribution in [0, 0.1) is 0 Å². The number of hydrogen-bond donors (Lipinski definition) is 1. The van der Waals surface area contributed by atoms with E-state index in [1.54, 1.807) is 18.2 Å². The van der Waals surface area contributed by atoms with E-state index in [-0.39, 0.29) is 5.69 Å². The van der Waals surface area contributed by atoms with Crippen LogP contribution in [0.25, 0.3) is 22.4 Å². The molecule has 1 N–H and O–H groups in total. The van der Waals surface area contributed by atoms with Gasteiger partial charge in [0, 0.05) is 5.56 Å². The Kier molecular flexibility index (Phi) is 2.26. The predicted octanol–water partition coefficient (Wildman–Crippen LogP) is 1.98. The molecule has 3 rings (SSSR count). The lowest BCUT2D eigenvalue weighted by Crippen LogP contribution is -2.01. The van der Waals surface area contributed by atoms with Gasteiger partial charge in [-0.1, -0.05) is 6.07 Å². The molecule has 0 saturated carbocycles. The SMILES string of the molecule is O=C(O)c1ccc(-c2ccc3ncoc3c2)nn1. The van der Waals surface area contributed by atoms with Gasteiger partial charge in [0.1, 0.15) is 5.52 Å². The third kappa shape index (κ3) is 1.69. The molecule has 0 aliphatic rings. The molecule has 0 amide bonds. The Morgan fingerprint density at radius 1 is 1.17 bits per heavy atom. The third-order valence-corrected chi connectivity index (χ3v) is 2.51. The molecule has 0 fully saturated rings. The predicted molar refractivity (Wildman–Crippen MR) is 62.0 cm³/mol. The molecule has 6 nitrogen and oxygen atoms in total. The molecule has 88 valence electrons. The molecule has 0 saturated heterocycles. The van der Waals surface area contributed by atoms with E-state index in [0.29, 0.717) is 11.3 Å². The van der Waals surface area contributed by atoms with Gasteiger partial charge in [0.15, 0.2) is 17.7 Å². The number of nitrogens with zero attached hydrogens (tertiary/aromatic N) is 3. The lowest BCUT2D eigenvalue weighted by molar-refractivity contribution is 0.0689. The van der Waals surface area contributed by atoms with E-state index in [0.717, 1.165) is 11.1 Å². The van der Waals surface area contributed by atoms with Crippen LogP contribution >= 0.6 is 0 Å². The molecule has 0 bridgehead atoms. The normalized spacial score (nSPS) is 10.7. The van der Waals surface area contributed by atoms with Crippen LogP contribution in [0.5, 0.6) is 0 Å². The van der Waals surface area contributed by atoms with Gasteiger partial charge >= 0.3 is 5.97 Å². The van der Waals surface area contributed by atoms with E-state index in [4.69, 9.17) is 9.52 Å². The van der Waals surface area contributed by atoms with Crippen LogP contribution in [0.4, 0.5) is 0 Å². The zero-order valence-corrected chi connectivity index (χ0v) is 9.07. The van der Waals surface area contributed by atoms with Crippen molar-refractivity contribution < 1.29 is 14.3 Å². The summed E-state index contributed by atoms with van der Waals surface area (Å²) in [5, 5.41) is 16.2. The fourth-order valence-electron chi connectivity index (χ4n) is 1.61. The highest BCUT2D eigenvalue weighted by molar-refractivity contribution is 5.85. The molecule has 0 radical (unpaired) electrons. The Bertz CT molecular complexity index is 719. The molecule has 2 aromatic heterocycles. The van der Waals surface area contributed by atoms with Crippen molar-refractivity contribution >= 4 is 17.1 Å². The molecule has 0 aliphatic heterocycles. The van der Waals surface area contributed by atoms with Gasteiger partial charge in [0.05, 0.1) is 5.69 Å². The van der Waals surface area contributed by atoms with Crippen molar-refractivity contribution in [3.05, 3.63) is 42.4 Å². The van der Waals surface area contributed by atoms with E-state index in [9.17, 15) is 4.79 Å². The number of rotatable bonds is 2. The standard InChI is InChI=1S/C12H7N3O3/c16-12(17)10-4-3-8(14-15-10)7-1-2-9-11(5-7)18-6-13-9/h1-6H,(H,16,17). The minimum atomic E-state index is -1.10. The van der Waals surface area contributed by atoms with E-state index in [1.165, 1.54) is 12.5 Å². The molecule has 18 heavy (non-hydrogen) atoms. The van der Waals surface area contributed by atoms with E-state index in [1.807, 2.05) is 6.07 Å². The van der Waals surface area contributed by atoms with Gasteiger partial charge in [-0.3, -0.25) is 0 Å². The number of benzene rings is 1. The van der Waals surface area contributed by atoms with E-state index in [2.05, 4.69) is 15.2 Å². The topological polar surface area (TPSA) is 89.1 Å². The van der Waals surface area contributed by atoms with Crippen LogP contribution < -0.4 is 0 Å². The number of aromatic nitrogens is 3. The van der Waals surface area contributed by atoms with Gasteiger partial charge in [0.2, 0.25) is 0 Å². The summed E-state index contributed by atoms with van der Waals surface area (Å²) in [5.74, 6) is -1.10. The number of carboxylic acids is 1. The molecule has 0 atom stereocenters. The highest BCUT2D eigenvalue weighted by Crippen LogP contribution is 2.21. The van der Waals surface area contributed by atoms with Crippen LogP contribution in [-0.2, 0) is 0 Å². The Labute approximate surface area is 101 Å². The minimum absolute atomic E-state index is 0.0838. The first kappa shape index (κ1) is 10.4. The Hall–Kier alpha value is -2.76. The molecular formula is C12H7N3O3. The molecule has 0 aliphatic carbocycles. The second kappa shape index (κ2) is 3.92. The van der Waals surface area contributed by atoms with Crippen molar-refractivity contribution in [2.75, 3.05) is 0 Å². The largest absolute Gasteiger partial charge is 0.476 e. The zero-order chi connectivity index (χ0) is 12.5. The minimum Gasteiger partial charge on any atom is -0.476 e. The number of oxazole rings is 1. The van der Waals surface area contributed by atoms with E-state index < -0.39 is 5.97 Å². The molecule has 3 aromatic rings. The van der Waals surface area contributed by atoms with Crippen molar-refractivity contribution in [3.63, 3.8) is 0 Å². The summed E-state index contributed by atoms with van der Waals surface area (Å²) in [7, 11) is 0. The van der Waals surface area contributed by atoms with Crippen molar-refractivity contribution in [1.29, 1.82) is 0 Å². The molecule has 2 heterocycles. The summed E-state index contributed by atoms with van der Waals surface area (Å²) in [4.78, 5) is 14.7. The van der Waals surface area contributed by atoms with Crippen LogP contribution in [-0.4, -0.2) is 26.3 Å². The van der Waals surface area contributed by atoms with Gasteiger partial charge in [0.25, 0.3) is 0 Å².